The summed E-state index contributed by atoms with van der Waals surface area (Å²) in [5, 5.41) is 0. The van der Waals surface area contributed by atoms with Gasteiger partial charge in [0.15, 0.2) is 0 Å². The molecule has 0 bridgehead atoms. The molecular formula is C13H20O. The molecule has 1 heteroatoms. The van der Waals surface area contributed by atoms with Crippen LogP contribution in [0.2, 0.25) is 0 Å². The van der Waals surface area contributed by atoms with Crippen LogP contribution in [-0.4, -0.2) is 5.60 Å². The van der Waals surface area contributed by atoms with E-state index in [-0.39, 0.29) is 5.60 Å². The second-order valence-electron chi connectivity index (χ2n) is 4.59. The molecule has 0 unspecified atom stereocenters. The summed E-state index contributed by atoms with van der Waals surface area (Å²) < 4.78 is 5.80. The molecule has 78 valence electrons. The van der Waals surface area contributed by atoms with Gasteiger partial charge in [-0.05, 0) is 45.8 Å². The van der Waals surface area contributed by atoms with Gasteiger partial charge in [0, 0.05) is 6.42 Å². The minimum absolute atomic E-state index is 0.0717. The minimum atomic E-state index is -0.0717. The van der Waals surface area contributed by atoms with Crippen molar-refractivity contribution in [3.05, 3.63) is 35.6 Å². The highest BCUT2D eigenvalue weighted by Crippen LogP contribution is 2.24. The van der Waals surface area contributed by atoms with E-state index in [1.165, 1.54) is 5.57 Å². The molecule has 0 heterocycles. The fraction of sp³-hybridized carbons (Fsp3) is 0.538. The fourth-order valence-corrected chi connectivity index (χ4v) is 1.47. The molecule has 0 aromatic heterocycles. The highest BCUT2D eigenvalue weighted by molar-refractivity contribution is 5.29. The molecule has 0 aliphatic heterocycles. The van der Waals surface area contributed by atoms with E-state index in [2.05, 4.69) is 45.1 Å². The standard InChI is InChI=1S/C13H20O/c1-5-6-11-7-9-12(10-8-11)14-13(2,3)4/h5-7,9H,8,10H2,1-4H3/b6-5+. The van der Waals surface area contributed by atoms with E-state index < -0.39 is 0 Å². The number of hydrogen-bond acceptors (Lipinski definition) is 1. The average Bonchev–Trinajstić information content (AvgIpc) is 2.06. The number of rotatable bonds is 2. The van der Waals surface area contributed by atoms with Gasteiger partial charge in [-0.1, -0.05) is 18.2 Å². The molecule has 1 rings (SSSR count). The Balaban J connectivity index is 2.60. The largest absolute Gasteiger partial charge is 0.492 e. The van der Waals surface area contributed by atoms with Crippen molar-refractivity contribution in [3.8, 4) is 0 Å². The van der Waals surface area contributed by atoms with Gasteiger partial charge in [-0.25, -0.2) is 0 Å². The first kappa shape index (κ1) is 11.1. The van der Waals surface area contributed by atoms with Crippen LogP contribution in [0.1, 0.15) is 40.5 Å². The van der Waals surface area contributed by atoms with E-state index in [0.717, 1.165) is 18.6 Å². The van der Waals surface area contributed by atoms with Crippen molar-refractivity contribution < 1.29 is 4.74 Å². The van der Waals surface area contributed by atoms with Gasteiger partial charge in [0.05, 0.1) is 5.76 Å². The minimum Gasteiger partial charge on any atom is -0.492 e. The smallest absolute Gasteiger partial charge is 0.100 e. The van der Waals surface area contributed by atoms with Gasteiger partial charge < -0.3 is 4.74 Å². The third-order valence-corrected chi connectivity index (χ3v) is 1.96. The highest BCUT2D eigenvalue weighted by Gasteiger charge is 2.14. The molecule has 0 atom stereocenters. The van der Waals surface area contributed by atoms with Crippen LogP contribution in [0.25, 0.3) is 0 Å². The Kier molecular flexibility index (Phi) is 3.56. The van der Waals surface area contributed by atoms with Crippen LogP contribution in [0.5, 0.6) is 0 Å². The van der Waals surface area contributed by atoms with Gasteiger partial charge in [0.2, 0.25) is 0 Å². The Labute approximate surface area is 87.2 Å². The van der Waals surface area contributed by atoms with Gasteiger partial charge in [0.25, 0.3) is 0 Å². The monoisotopic (exact) mass is 192 g/mol. The molecule has 0 saturated carbocycles. The molecule has 0 aromatic carbocycles. The molecule has 1 nitrogen and oxygen atoms in total. The fourth-order valence-electron chi connectivity index (χ4n) is 1.47. The van der Waals surface area contributed by atoms with Crippen molar-refractivity contribution in [2.45, 2.75) is 46.1 Å². The summed E-state index contributed by atoms with van der Waals surface area (Å²) >= 11 is 0. The van der Waals surface area contributed by atoms with E-state index in [9.17, 15) is 0 Å². The van der Waals surface area contributed by atoms with Crippen LogP contribution in [0.4, 0.5) is 0 Å². The normalized spacial score (nSPS) is 18.0. The summed E-state index contributed by atoms with van der Waals surface area (Å²) in [6.07, 6.45) is 10.6. The summed E-state index contributed by atoms with van der Waals surface area (Å²) in [6.45, 7) is 8.29. The summed E-state index contributed by atoms with van der Waals surface area (Å²) in [5.41, 5.74) is 1.31. The SMILES string of the molecule is C/C=C/C1=CC=C(OC(C)(C)C)CC1. The van der Waals surface area contributed by atoms with Crippen molar-refractivity contribution in [1.82, 2.24) is 0 Å². The highest BCUT2D eigenvalue weighted by atomic mass is 16.5. The van der Waals surface area contributed by atoms with Crippen LogP contribution in [0.3, 0.4) is 0 Å². The second kappa shape index (κ2) is 4.50. The third-order valence-electron chi connectivity index (χ3n) is 1.96. The van der Waals surface area contributed by atoms with Crippen LogP contribution in [0.15, 0.2) is 35.6 Å². The molecule has 0 spiro atoms. The molecule has 14 heavy (non-hydrogen) atoms. The van der Waals surface area contributed by atoms with Crippen LogP contribution >= 0.6 is 0 Å². The Morgan fingerprint density at radius 2 is 1.93 bits per heavy atom. The second-order valence-corrected chi connectivity index (χ2v) is 4.59. The summed E-state index contributed by atoms with van der Waals surface area (Å²) in [6, 6.07) is 0. The van der Waals surface area contributed by atoms with Gasteiger partial charge in [0.1, 0.15) is 5.60 Å². The molecule has 0 amide bonds. The molecular weight excluding hydrogens is 172 g/mol. The Morgan fingerprint density at radius 1 is 1.21 bits per heavy atom. The van der Waals surface area contributed by atoms with Crippen molar-refractivity contribution >= 4 is 0 Å². The molecule has 1 aliphatic carbocycles. The maximum atomic E-state index is 5.80. The number of ether oxygens (including phenoxy) is 1. The van der Waals surface area contributed by atoms with Gasteiger partial charge in [-0.3, -0.25) is 0 Å². The summed E-state index contributed by atoms with van der Waals surface area (Å²) in [5.74, 6) is 1.10. The lowest BCUT2D eigenvalue weighted by Gasteiger charge is -2.25. The van der Waals surface area contributed by atoms with Gasteiger partial charge >= 0.3 is 0 Å². The quantitative estimate of drug-likeness (QED) is 0.643. The maximum absolute atomic E-state index is 5.80. The lowest BCUT2D eigenvalue weighted by atomic mass is 10.0. The first-order valence-electron chi connectivity index (χ1n) is 5.23. The Hall–Kier alpha value is -0.980. The van der Waals surface area contributed by atoms with Crippen molar-refractivity contribution in [2.75, 3.05) is 0 Å². The van der Waals surface area contributed by atoms with E-state index in [4.69, 9.17) is 4.74 Å². The number of hydrogen-bond donors (Lipinski definition) is 0. The first-order valence-corrected chi connectivity index (χ1v) is 5.23. The van der Waals surface area contributed by atoms with E-state index in [1.807, 2.05) is 6.92 Å². The van der Waals surface area contributed by atoms with Crippen molar-refractivity contribution in [3.63, 3.8) is 0 Å². The Morgan fingerprint density at radius 3 is 2.36 bits per heavy atom. The molecule has 0 radical (unpaired) electrons. The van der Waals surface area contributed by atoms with Crippen molar-refractivity contribution in [1.29, 1.82) is 0 Å². The van der Waals surface area contributed by atoms with Crippen LogP contribution in [-0.2, 0) is 4.74 Å². The predicted octanol–water partition coefficient (Wildman–Crippen LogP) is 3.98. The van der Waals surface area contributed by atoms with Crippen LogP contribution in [0, 0.1) is 0 Å². The summed E-state index contributed by atoms with van der Waals surface area (Å²) in [4.78, 5) is 0. The zero-order valence-corrected chi connectivity index (χ0v) is 9.63. The average molecular weight is 192 g/mol. The maximum Gasteiger partial charge on any atom is 0.100 e. The zero-order chi connectivity index (χ0) is 10.6. The van der Waals surface area contributed by atoms with Gasteiger partial charge in [-0.2, -0.15) is 0 Å². The molecule has 0 saturated heterocycles. The van der Waals surface area contributed by atoms with E-state index >= 15 is 0 Å². The topological polar surface area (TPSA) is 9.23 Å². The molecule has 0 aromatic rings. The van der Waals surface area contributed by atoms with Crippen molar-refractivity contribution in [2.24, 2.45) is 0 Å². The lowest BCUT2D eigenvalue weighted by molar-refractivity contribution is 0.0466. The summed E-state index contributed by atoms with van der Waals surface area (Å²) in [7, 11) is 0. The zero-order valence-electron chi connectivity index (χ0n) is 9.63. The molecule has 0 N–H and O–H groups in total. The Bertz CT molecular complexity index is 274. The predicted molar refractivity (Wildman–Crippen MR) is 61.1 cm³/mol. The molecule has 1 aliphatic rings. The number of allylic oxidation sites excluding steroid dienone is 6. The molecule has 0 fully saturated rings. The van der Waals surface area contributed by atoms with Gasteiger partial charge in [-0.15, -0.1) is 0 Å². The first-order chi connectivity index (χ1) is 6.51. The third kappa shape index (κ3) is 3.82. The van der Waals surface area contributed by atoms with E-state index in [1.54, 1.807) is 0 Å². The lowest BCUT2D eigenvalue weighted by Crippen LogP contribution is -2.19. The van der Waals surface area contributed by atoms with Crippen LogP contribution < -0.4 is 0 Å². The van der Waals surface area contributed by atoms with E-state index in [0.29, 0.717) is 0 Å².